The van der Waals surface area contributed by atoms with Crippen molar-refractivity contribution in [3.63, 3.8) is 0 Å². The lowest BCUT2D eigenvalue weighted by atomic mass is 10.2. The van der Waals surface area contributed by atoms with Crippen molar-refractivity contribution in [1.29, 1.82) is 0 Å². The second kappa shape index (κ2) is 6.80. The summed E-state index contributed by atoms with van der Waals surface area (Å²) in [6.07, 6.45) is 2.32. The molecule has 0 saturated carbocycles. The molecule has 1 atom stereocenters. The highest BCUT2D eigenvalue weighted by molar-refractivity contribution is 5.93. The first-order valence-electron chi connectivity index (χ1n) is 8.07. The second-order valence-corrected chi connectivity index (χ2v) is 5.82. The van der Waals surface area contributed by atoms with E-state index in [0.717, 1.165) is 11.9 Å². The average Bonchev–Trinajstić information content (AvgIpc) is 3.25. The predicted octanol–water partition coefficient (Wildman–Crippen LogP) is 3.23. The van der Waals surface area contributed by atoms with Gasteiger partial charge in [0, 0.05) is 6.04 Å². The fourth-order valence-corrected chi connectivity index (χ4v) is 2.73. The number of furan rings is 1. The number of carboxylic acids is 1. The van der Waals surface area contributed by atoms with Crippen molar-refractivity contribution < 1.29 is 19.1 Å². The van der Waals surface area contributed by atoms with Gasteiger partial charge in [0.25, 0.3) is 5.91 Å². The summed E-state index contributed by atoms with van der Waals surface area (Å²) in [5, 5.41) is 11.9. The molecule has 0 saturated heterocycles. The van der Waals surface area contributed by atoms with Crippen LogP contribution in [0.3, 0.4) is 0 Å². The van der Waals surface area contributed by atoms with Gasteiger partial charge in [0.1, 0.15) is 5.82 Å². The van der Waals surface area contributed by atoms with Gasteiger partial charge in [0.05, 0.1) is 29.4 Å². The zero-order valence-corrected chi connectivity index (χ0v) is 14.0. The molecule has 0 fully saturated rings. The highest BCUT2D eigenvalue weighted by Crippen LogP contribution is 2.24. The summed E-state index contributed by atoms with van der Waals surface area (Å²) in [7, 11) is 0. The maximum Gasteiger partial charge on any atom is 0.335 e. The third-order valence-electron chi connectivity index (χ3n) is 4.19. The van der Waals surface area contributed by atoms with Crippen LogP contribution >= 0.6 is 0 Å². The highest BCUT2D eigenvalue weighted by atomic mass is 16.4. The summed E-state index contributed by atoms with van der Waals surface area (Å²) in [5.74, 6) is -0.405. The molecule has 3 aromatic rings. The minimum Gasteiger partial charge on any atom is -0.478 e. The van der Waals surface area contributed by atoms with E-state index in [0.29, 0.717) is 11.3 Å². The first-order chi connectivity index (χ1) is 12.0. The molecule has 3 rings (SSSR count). The number of aromatic nitrogens is 2. The van der Waals surface area contributed by atoms with E-state index in [4.69, 9.17) is 9.52 Å². The Hall–Kier alpha value is -3.09. The van der Waals surface area contributed by atoms with E-state index in [2.05, 4.69) is 24.1 Å². The molecule has 2 heterocycles. The Morgan fingerprint density at radius 3 is 2.80 bits per heavy atom. The Morgan fingerprint density at radius 1 is 1.36 bits per heavy atom. The Balaban J connectivity index is 1.94. The van der Waals surface area contributed by atoms with Crippen molar-refractivity contribution in [3.05, 3.63) is 53.7 Å². The van der Waals surface area contributed by atoms with E-state index in [1.54, 1.807) is 30.3 Å². The first kappa shape index (κ1) is 16.8. The minimum atomic E-state index is -0.993. The van der Waals surface area contributed by atoms with Crippen LogP contribution in [0.15, 0.2) is 41.0 Å². The number of hydrogen-bond acceptors (Lipinski definition) is 4. The van der Waals surface area contributed by atoms with Crippen LogP contribution in [0.1, 0.15) is 53.0 Å². The Kier molecular flexibility index (Phi) is 4.56. The largest absolute Gasteiger partial charge is 0.478 e. The fraction of sp³-hybridized carbons (Fsp3) is 0.278. The fourth-order valence-electron chi connectivity index (χ4n) is 2.73. The molecule has 7 heteroatoms. The summed E-state index contributed by atoms with van der Waals surface area (Å²) in [6, 6.07) is 8.28. The number of benzene rings is 1. The first-order valence-corrected chi connectivity index (χ1v) is 8.07. The summed E-state index contributed by atoms with van der Waals surface area (Å²) < 4.78 is 7.11. The van der Waals surface area contributed by atoms with Crippen LogP contribution < -0.4 is 5.32 Å². The summed E-state index contributed by atoms with van der Waals surface area (Å²) >= 11 is 0. The van der Waals surface area contributed by atoms with Gasteiger partial charge in [0.2, 0.25) is 0 Å². The molecular formula is C18H19N3O4. The van der Waals surface area contributed by atoms with Crippen molar-refractivity contribution >= 4 is 22.9 Å². The predicted molar refractivity (Wildman–Crippen MR) is 91.6 cm³/mol. The molecule has 0 unspecified atom stereocenters. The van der Waals surface area contributed by atoms with Crippen LogP contribution in [-0.2, 0) is 6.54 Å². The normalized spacial score (nSPS) is 12.2. The van der Waals surface area contributed by atoms with Crippen LogP contribution in [0.2, 0.25) is 0 Å². The molecule has 0 spiro atoms. The topological polar surface area (TPSA) is 97.4 Å². The van der Waals surface area contributed by atoms with Gasteiger partial charge in [0.15, 0.2) is 5.76 Å². The van der Waals surface area contributed by atoms with Gasteiger partial charge < -0.3 is 19.4 Å². The molecular weight excluding hydrogens is 322 g/mol. The van der Waals surface area contributed by atoms with E-state index in [-0.39, 0.29) is 29.8 Å². The lowest BCUT2D eigenvalue weighted by Crippen LogP contribution is -2.25. The Bertz CT molecular complexity index is 912. The van der Waals surface area contributed by atoms with Gasteiger partial charge >= 0.3 is 5.97 Å². The molecule has 2 aromatic heterocycles. The third kappa shape index (κ3) is 3.26. The van der Waals surface area contributed by atoms with Gasteiger partial charge in [-0.2, -0.15) is 0 Å². The van der Waals surface area contributed by atoms with Crippen LogP contribution in [-0.4, -0.2) is 26.5 Å². The number of carbonyl (C=O) groups excluding carboxylic acids is 1. The maximum absolute atomic E-state index is 12.1. The van der Waals surface area contributed by atoms with Crippen LogP contribution in [0.5, 0.6) is 0 Å². The second-order valence-electron chi connectivity index (χ2n) is 5.82. The van der Waals surface area contributed by atoms with Crippen molar-refractivity contribution in [2.45, 2.75) is 32.9 Å². The van der Waals surface area contributed by atoms with E-state index < -0.39 is 5.97 Å². The number of rotatable bonds is 6. The van der Waals surface area contributed by atoms with Crippen LogP contribution in [0.4, 0.5) is 0 Å². The molecule has 0 aliphatic carbocycles. The number of imidazole rings is 1. The number of fused-ring (bicyclic) bond motifs is 1. The SMILES string of the molecule is CC[C@@H](C)n1c(CNC(=O)c2ccco2)nc2cc(C(=O)O)ccc21. The van der Waals surface area contributed by atoms with Crippen molar-refractivity contribution in [2.24, 2.45) is 0 Å². The standard InChI is InChI=1S/C18H19N3O4/c1-3-11(2)21-14-7-6-12(18(23)24)9-13(14)20-16(21)10-19-17(22)15-5-4-8-25-15/h4-9,11H,3,10H2,1-2H3,(H,19,22)(H,23,24)/t11-/m1/s1. The molecule has 2 N–H and O–H groups in total. The Morgan fingerprint density at radius 2 is 2.16 bits per heavy atom. The highest BCUT2D eigenvalue weighted by Gasteiger charge is 2.17. The number of aromatic carboxylic acids is 1. The molecule has 0 aliphatic heterocycles. The van der Waals surface area contributed by atoms with Gasteiger partial charge in [-0.15, -0.1) is 0 Å². The minimum absolute atomic E-state index is 0.163. The van der Waals surface area contributed by atoms with E-state index in [1.165, 1.54) is 6.26 Å². The third-order valence-corrected chi connectivity index (χ3v) is 4.19. The zero-order chi connectivity index (χ0) is 18.0. The van der Waals surface area contributed by atoms with Crippen LogP contribution in [0, 0.1) is 0 Å². The lowest BCUT2D eigenvalue weighted by molar-refractivity contribution is 0.0696. The number of amides is 1. The molecule has 130 valence electrons. The number of carboxylic acid groups (broad SMARTS) is 1. The number of carbonyl (C=O) groups is 2. The molecule has 1 amide bonds. The Labute approximate surface area is 144 Å². The van der Waals surface area contributed by atoms with Gasteiger partial charge in [-0.05, 0) is 43.7 Å². The lowest BCUT2D eigenvalue weighted by Gasteiger charge is -2.16. The molecule has 0 aliphatic rings. The van der Waals surface area contributed by atoms with E-state index >= 15 is 0 Å². The zero-order valence-electron chi connectivity index (χ0n) is 14.0. The van der Waals surface area contributed by atoms with E-state index in [9.17, 15) is 9.59 Å². The van der Waals surface area contributed by atoms with Gasteiger partial charge in [-0.25, -0.2) is 9.78 Å². The van der Waals surface area contributed by atoms with Gasteiger partial charge in [-0.3, -0.25) is 4.79 Å². The number of nitrogens with one attached hydrogen (secondary N) is 1. The number of nitrogens with zero attached hydrogens (tertiary/aromatic N) is 2. The number of hydrogen-bond donors (Lipinski definition) is 2. The van der Waals surface area contributed by atoms with Crippen molar-refractivity contribution in [2.75, 3.05) is 0 Å². The quantitative estimate of drug-likeness (QED) is 0.717. The maximum atomic E-state index is 12.1. The van der Waals surface area contributed by atoms with Crippen molar-refractivity contribution in [1.82, 2.24) is 14.9 Å². The summed E-state index contributed by atoms with van der Waals surface area (Å²) in [5.41, 5.74) is 1.64. The molecule has 0 radical (unpaired) electrons. The van der Waals surface area contributed by atoms with Crippen molar-refractivity contribution in [3.8, 4) is 0 Å². The molecule has 1 aromatic carbocycles. The molecule has 25 heavy (non-hydrogen) atoms. The molecule has 0 bridgehead atoms. The van der Waals surface area contributed by atoms with E-state index in [1.807, 2.05) is 4.57 Å². The monoisotopic (exact) mass is 341 g/mol. The summed E-state index contributed by atoms with van der Waals surface area (Å²) in [6.45, 7) is 4.35. The summed E-state index contributed by atoms with van der Waals surface area (Å²) in [4.78, 5) is 27.8. The average molecular weight is 341 g/mol. The van der Waals surface area contributed by atoms with Crippen LogP contribution in [0.25, 0.3) is 11.0 Å². The van der Waals surface area contributed by atoms with Gasteiger partial charge in [-0.1, -0.05) is 6.92 Å². The smallest absolute Gasteiger partial charge is 0.335 e. The molecule has 7 nitrogen and oxygen atoms in total.